The number of hydrogen-bond donors (Lipinski definition) is 2. The van der Waals surface area contributed by atoms with E-state index in [4.69, 9.17) is 9.84 Å². The molecule has 2 aromatic rings. The summed E-state index contributed by atoms with van der Waals surface area (Å²) in [6.07, 6.45) is 9.72. The SMILES string of the molecule is O=C(O)C[C@H]1CC[C@H](c2ccc(-c3cc(OCC4CCCC4)n[nH]3)cc2)CC1. The van der Waals surface area contributed by atoms with Crippen LogP contribution < -0.4 is 4.74 Å². The number of aromatic nitrogens is 2. The molecule has 1 aromatic carbocycles. The minimum Gasteiger partial charge on any atom is -0.481 e. The molecule has 0 unspecified atom stereocenters. The minimum atomic E-state index is -0.668. The Kier molecular flexibility index (Phi) is 5.98. The van der Waals surface area contributed by atoms with Crippen molar-refractivity contribution in [1.82, 2.24) is 10.2 Å². The first-order valence-corrected chi connectivity index (χ1v) is 10.7. The Labute approximate surface area is 166 Å². The van der Waals surface area contributed by atoms with E-state index in [-0.39, 0.29) is 0 Å². The highest BCUT2D eigenvalue weighted by atomic mass is 16.5. The zero-order valence-corrected chi connectivity index (χ0v) is 16.4. The number of nitrogens with zero attached hydrogens (tertiary/aromatic N) is 1. The van der Waals surface area contributed by atoms with Crippen LogP contribution in [0.15, 0.2) is 30.3 Å². The molecule has 0 radical (unpaired) electrons. The van der Waals surface area contributed by atoms with Crippen LogP contribution in [0.2, 0.25) is 0 Å². The van der Waals surface area contributed by atoms with Gasteiger partial charge in [-0.2, -0.15) is 0 Å². The van der Waals surface area contributed by atoms with Crippen LogP contribution in [0, 0.1) is 11.8 Å². The smallest absolute Gasteiger partial charge is 0.303 e. The van der Waals surface area contributed by atoms with Gasteiger partial charge in [0.15, 0.2) is 0 Å². The normalized spacial score (nSPS) is 23.0. The fourth-order valence-corrected chi connectivity index (χ4v) is 4.79. The Morgan fingerprint density at radius 3 is 2.43 bits per heavy atom. The lowest BCUT2D eigenvalue weighted by Gasteiger charge is -2.28. The number of carboxylic acid groups (broad SMARTS) is 1. The summed E-state index contributed by atoms with van der Waals surface area (Å²) in [7, 11) is 0. The number of carbonyl (C=O) groups is 1. The molecule has 0 aliphatic heterocycles. The van der Waals surface area contributed by atoms with E-state index in [2.05, 4.69) is 34.5 Å². The van der Waals surface area contributed by atoms with Crippen LogP contribution in [0.25, 0.3) is 11.3 Å². The van der Waals surface area contributed by atoms with Crippen molar-refractivity contribution in [2.24, 2.45) is 11.8 Å². The number of carboxylic acids is 1. The van der Waals surface area contributed by atoms with E-state index in [0.717, 1.165) is 43.5 Å². The Morgan fingerprint density at radius 1 is 1.04 bits per heavy atom. The molecule has 0 spiro atoms. The molecule has 2 aliphatic carbocycles. The lowest BCUT2D eigenvalue weighted by Crippen LogP contribution is -2.16. The topological polar surface area (TPSA) is 75.2 Å². The average Bonchev–Trinajstić information content (AvgIpc) is 3.39. The molecule has 2 N–H and O–H groups in total. The van der Waals surface area contributed by atoms with E-state index in [1.807, 2.05) is 6.07 Å². The van der Waals surface area contributed by atoms with Gasteiger partial charge in [-0.15, -0.1) is 5.10 Å². The second-order valence-corrected chi connectivity index (χ2v) is 8.52. The quantitative estimate of drug-likeness (QED) is 0.673. The van der Waals surface area contributed by atoms with Crippen LogP contribution in [0.5, 0.6) is 5.88 Å². The van der Waals surface area contributed by atoms with Crippen molar-refractivity contribution in [1.29, 1.82) is 0 Å². The van der Waals surface area contributed by atoms with Crippen LogP contribution in [-0.2, 0) is 4.79 Å². The zero-order valence-electron chi connectivity index (χ0n) is 16.4. The van der Waals surface area contributed by atoms with Crippen LogP contribution >= 0.6 is 0 Å². The second-order valence-electron chi connectivity index (χ2n) is 8.52. The maximum absolute atomic E-state index is 10.9. The van der Waals surface area contributed by atoms with Gasteiger partial charge < -0.3 is 9.84 Å². The fraction of sp³-hybridized carbons (Fsp3) is 0.565. The molecule has 0 atom stereocenters. The summed E-state index contributed by atoms with van der Waals surface area (Å²) in [6, 6.07) is 10.7. The number of H-pyrrole nitrogens is 1. The second kappa shape index (κ2) is 8.80. The van der Waals surface area contributed by atoms with Crippen molar-refractivity contribution < 1.29 is 14.6 Å². The fourth-order valence-electron chi connectivity index (χ4n) is 4.79. The van der Waals surface area contributed by atoms with E-state index in [0.29, 0.717) is 30.1 Å². The predicted octanol–water partition coefficient (Wildman–Crippen LogP) is 5.39. The van der Waals surface area contributed by atoms with Crippen molar-refractivity contribution in [2.75, 3.05) is 6.61 Å². The van der Waals surface area contributed by atoms with E-state index in [9.17, 15) is 4.79 Å². The number of hydrogen-bond acceptors (Lipinski definition) is 3. The van der Waals surface area contributed by atoms with E-state index < -0.39 is 5.97 Å². The number of aliphatic carboxylic acids is 1. The monoisotopic (exact) mass is 382 g/mol. The van der Waals surface area contributed by atoms with Gasteiger partial charge in [0.1, 0.15) is 0 Å². The summed E-state index contributed by atoms with van der Waals surface area (Å²) in [5.41, 5.74) is 3.46. The molecule has 2 aliphatic rings. The van der Waals surface area contributed by atoms with Crippen molar-refractivity contribution >= 4 is 5.97 Å². The lowest BCUT2D eigenvalue weighted by atomic mass is 9.77. The zero-order chi connectivity index (χ0) is 19.3. The Bertz CT molecular complexity index is 769. The standard InChI is InChI=1S/C23H30N2O3/c26-23(27)13-16-5-7-18(8-6-16)19-9-11-20(12-10-19)21-14-22(25-24-21)28-15-17-3-1-2-4-17/h9-12,14,16-18H,1-8,13,15H2,(H,24,25)(H,26,27)/t16-,18-. The maximum Gasteiger partial charge on any atom is 0.303 e. The molecule has 0 bridgehead atoms. The van der Waals surface area contributed by atoms with Gasteiger partial charge >= 0.3 is 5.97 Å². The van der Waals surface area contributed by atoms with E-state index in [1.165, 1.54) is 31.2 Å². The first kappa shape index (κ1) is 19.0. The first-order valence-electron chi connectivity index (χ1n) is 10.7. The molecule has 4 rings (SSSR count). The predicted molar refractivity (Wildman–Crippen MR) is 108 cm³/mol. The first-order chi connectivity index (χ1) is 13.7. The van der Waals surface area contributed by atoms with Gasteiger partial charge in [-0.1, -0.05) is 37.1 Å². The third-order valence-electron chi connectivity index (χ3n) is 6.50. The number of rotatable bonds is 7. The summed E-state index contributed by atoms with van der Waals surface area (Å²) >= 11 is 0. The van der Waals surface area contributed by atoms with Gasteiger partial charge in [-0.25, -0.2) is 0 Å². The van der Waals surface area contributed by atoms with Gasteiger partial charge in [0, 0.05) is 12.5 Å². The molecule has 150 valence electrons. The summed E-state index contributed by atoms with van der Waals surface area (Å²) in [5.74, 6) is 1.60. The number of nitrogens with one attached hydrogen (secondary N) is 1. The molecule has 2 saturated carbocycles. The third-order valence-corrected chi connectivity index (χ3v) is 6.50. The lowest BCUT2D eigenvalue weighted by molar-refractivity contribution is -0.138. The van der Waals surface area contributed by atoms with Gasteiger partial charge in [-0.3, -0.25) is 9.89 Å². The van der Waals surface area contributed by atoms with Crippen molar-refractivity contribution in [3.05, 3.63) is 35.9 Å². The molecule has 0 amide bonds. The molecule has 28 heavy (non-hydrogen) atoms. The summed E-state index contributed by atoms with van der Waals surface area (Å²) in [6.45, 7) is 0.772. The molecule has 0 saturated heterocycles. The molecule has 5 heteroatoms. The maximum atomic E-state index is 10.9. The average molecular weight is 383 g/mol. The van der Waals surface area contributed by atoms with E-state index in [1.54, 1.807) is 0 Å². The number of benzene rings is 1. The minimum absolute atomic E-state index is 0.316. The molecular formula is C23H30N2O3. The van der Waals surface area contributed by atoms with Crippen LogP contribution in [-0.4, -0.2) is 27.9 Å². The highest BCUT2D eigenvalue weighted by Gasteiger charge is 2.24. The van der Waals surface area contributed by atoms with Gasteiger partial charge in [0.05, 0.1) is 12.3 Å². The van der Waals surface area contributed by atoms with Gasteiger partial charge in [0.25, 0.3) is 0 Å². The highest BCUT2D eigenvalue weighted by Crippen LogP contribution is 2.37. The molecule has 1 heterocycles. The van der Waals surface area contributed by atoms with Crippen molar-refractivity contribution in [3.8, 4) is 17.1 Å². The van der Waals surface area contributed by atoms with Crippen molar-refractivity contribution in [3.63, 3.8) is 0 Å². The van der Waals surface area contributed by atoms with Crippen molar-refractivity contribution in [2.45, 2.75) is 63.7 Å². The largest absolute Gasteiger partial charge is 0.481 e. The Morgan fingerprint density at radius 2 is 1.75 bits per heavy atom. The molecular weight excluding hydrogens is 352 g/mol. The summed E-state index contributed by atoms with van der Waals surface area (Å²) in [4.78, 5) is 10.9. The third kappa shape index (κ3) is 4.75. The molecule has 1 aromatic heterocycles. The molecule has 2 fully saturated rings. The number of aromatic amines is 1. The van der Waals surface area contributed by atoms with Crippen LogP contribution in [0.3, 0.4) is 0 Å². The summed E-state index contributed by atoms with van der Waals surface area (Å²) in [5, 5.41) is 16.4. The van der Waals surface area contributed by atoms with Crippen LogP contribution in [0.4, 0.5) is 0 Å². The van der Waals surface area contributed by atoms with E-state index >= 15 is 0 Å². The van der Waals surface area contributed by atoms with Gasteiger partial charge in [0.2, 0.25) is 5.88 Å². The van der Waals surface area contributed by atoms with Gasteiger partial charge in [-0.05, 0) is 67.4 Å². The molecule has 5 nitrogen and oxygen atoms in total. The number of ether oxygens (including phenoxy) is 1. The summed E-state index contributed by atoms with van der Waals surface area (Å²) < 4.78 is 5.86. The van der Waals surface area contributed by atoms with Crippen LogP contribution in [0.1, 0.15) is 69.3 Å². The Hall–Kier alpha value is -2.30. The Balaban J connectivity index is 1.31. The highest BCUT2D eigenvalue weighted by molar-refractivity contribution is 5.67.